The highest BCUT2D eigenvalue weighted by Crippen LogP contribution is 2.29. The molecule has 0 aromatic heterocycles. The van der Waals surface area contributed by atoms with Gasteiger partial charge in [-0.25, -0.2) is 4.79 Å². The number of carbonyl (C=O) groups is 3. The molecular formula is C16H11BrN2O4. The molecule has 3 rings (SSSR count). The maximum Gasteiger partial charge on any atom is 0.337 e. The number of carboxylic acid groups (broad SMARTS) is 1. The molecule has 0 fully saturated rings. The lowest BCUT2D eigenvalue weighted by molar-refractivity contribution is 0.0641. The van der Waals surface area contributed by atoms with Gasteiger partial charge in [-0.1, -0.05) is 28.1 Å². The lowest BCUT2D eigenvalue weighted by Crippen LogP contribution is -2.29. The predicted octanol–water partition coefficient (Wildman–Crippen LogP) is 2.53. The maximum atomic E-state index is 12.4. The smallest absolute Gasteiger partial charge is 0.337 e. The standard InChI is InChI=1S/C16H11BrN2O4/c17-9-4-5-10-12(6-9)15(21)19(14(10)20)7-8-2-1-3-11(13(8)18)16(22)23/h1-6H,7,18H2,(H,22,23). The predicted molar refractivity (Wildman–Crippen MR) is 86.2 cm³/mol. The van der Waals surface area contributed by atoms with Crippen LogP contribution in [0.2, 0.25) is 0 Å². The highest BCUT2D eigenvalue weighted by atomic mass is 79.9. The van der Waals surface area contributed by atoms with Crippen molar-refractivity contribution in [3.05, 3.63) is 63.1 Å². The maximum absolute atomic E-state index is 12.4. The number of aromatic carboxylic acids is 1. The van der Waals surface area contributed by atoms with Crippen LogP contribution in [0.3, 0.4) is 0 Å². The second kappa shape index (κ2) is 5.51. The van der Waals surface area contributed by atoms with E-state index in [1.807, 2.05) is 0 Å². The number of hydrogen-bond donors (Lipinski definition) is 2. The van der Waals surface area contributed by atoms with Gasteiger partial charge in [0, 0.05) is 4.47 Å². The third-order valence-electron chi connectivity index (χ3n) is 3.69. The summed E-state index contributed by atoms with van der Waals surface area (Å²) in [7, 11) is 0. The molecule has 2 aromatic carbocycles. The average molecular weight is 375 g/mol. The Kier molecular flexibility index (Phi) is 3.65. The van der Waals surface area contributed by atoms with E-state index < -0.39 is 17.8 Å². The first-order valence-electron chi connectivity index (χ1n) is 6.66. The first-order chi connectivity index (χ1) is 10.9. The highest BCUT2D eigenvalue weighted by Gasteiger charge is 2.35. The summed E-state index contributed by atoms with van der Waals surface area (Å²) < 4.78 is 0.701. The number of imide groups is 1. The van der Waals surface area contributed by atoms with Crippen molar-refractivity contribution in [1.29, 1.82) is 0 Å². The van der Waals surface area contributed by atoms with E-state index in [2.05, 4.69) is 15.9 Å². The zero-order valence-electron chi connectivity index (χ0n) is 11.7. The van der Waals surface area contributed by atoms with Gasteiger partial charge in [0.15, 0.2) is 0 Å². The van der Waals surface area contributed by atoms with Crippen molar-refractivity contribution >= 4 is 39.4 Å². The summed E-state index contributed by atoms with van der Waals surface area (Å²) in [5.41, 5.74) is 6.90. The van der Waals surface area contributed by atoms with Crippen LogP contribution in [0.1, 0.15) is 36.6 Å². The summed E-state index contributed by atoms with van der Waals surface area (Å²) in [5, 5.41) is 9.09. The van der Waals surface area contributed by atoms with E-state index in [0.717, 1.165) is 4.90 Å². The zero-order chi connectivity index (χ0) is 16.7. The lowest BCUT2D eigenvalue weighted by atomic mass is 10.1. The number of amides is 2. The minimum absolute atomic E-state index is 0.0535. The Labute approximate surface area is 139 Å². The molecule has 0 saturated heterocycles. The van der Waals surface area contributed by atoms with E-state index in [-0.39, 0.29) is 17.8 Å². The first kappa shape index (κ1) is 15.2. The van der Waals surface area contributed by atoms with Crippen molar-refractivity contribution in [3.8, 4) is 0 Å². The summed E-state index contributed by atoms with van der Waals surface area (Å²) in [6.07, 6.45) is 0. The number of hydrogen-bond acceptors (Lipinski definition) is 4. The van der Waals surface area contributed by atoms with Crippen LogP contribution in [0.4, 0.5) is 5.69 Å². The van der Waals surface area contributed by atoms with Gasteiger partial charge < -0.3 is 10.8 Å². The number of nitrogens with zero attached hydrogens (tertiary/aromatic N) is 1. The van der Waals surface area contributed by atoms with Gasteiger partial charge in [0.25, 0.3) is 11.8 Å². The fraction of sp³-hybridized carbons (Fsp3) is 0.0625. The van der Waals surface area contributed by atoms with Gasteiger partial charge in [0.1, 0.15) is 0 Å². The van der Waals surface area contributed by atoms with Crippen LogP contribution in [0.15, 0.2) is 40.9 Å². The number of para-hydroxylation sites is 1. The summed E-state index contributed by atoms with van der Waals surface area (Å²) in [4.78, 5) is 37.0. The van der Waals surface area contributed by atoms with Crippen LogP contribution >= 0.6 is 15.9 Å². The molecule has 116 valence electrons. The number of benzene rings is 2. The average Bonchev–Trinajstić information content (AvgIpc) is 2.73. The topological polar surface area (TPSA) is 101 Å². The summed E-state index contributed by atoms with van der Waals surface area (Å²) in [5.74, 6) is -2.00. The third kappa shape index (κ3) is 2.49. The van der Waals surface area contributed by atoms with E-state index in [4.69, 9.17) is 10.8 Å². The van der Waals surface area contributed by atoms with E-state index in [9.17, 15) is 14.4 Å². The van der Waals surface area contributed by atoms with Crippen LogP contribution in [0, 0.1) is 0 Å². The first-order valence-corrected chi connectivity index (χ1v) is 7.46. The Morgan fingerprint density at radius 2 is 1.83 bits per heavy atom. The van der Waals surface area contributed by atoms with Gasteiger partial charge in [-0.3, -0.25) is 14.5 Å². The minimum Gasteiger partial charge on any atom is -0.478 e. The summed E-state index contributed by atoms with van der Waals surface area (Å²) >= 11 is 3.27. The van der Waals surface area contributed by atoms with E-state index in [1.165, 1.54) is 12.1 Å². The molecule has 0 aliphatic carbocycles. The molecule has 0 saturated carbocycles. The molecular weight excluding hydrogens is 364 g/mol. The van der Waals surface area contributed by atoms with Crippen molar-refractivity contribution < 1.29 is 19.5 Å². The van der Waals surface area contributed by atoms with Crippen molar-refractivity contribution in [3.63, 3.8) is 0 Å². The van der Waals surface area contributed by atoms with Gasteiger partial charge in [-0.2, -0.15) is 0 Å². The van der Waals surface area contributed by atoms with E-state index in [0.29, 0.717) is 21.2 Å². The molecule has 23 heavy (non-hydrogen) atoms. The van der Waals surface area contributed by atoms with Gasteiger partial charge >= 0.3 is 5.97 Å². The Bertz CT molecular complexity index is 863. The molecule has 2 aromatic rings. The monoisotopic (exact) mass is 374 g/mol. The number of nitrogens with two attached hydrogens (primary N) is 1. The number of carboxylic acids is 1. The third-order valence-corrected chi connectivity index (χ3v) is 4.18. The number of halogens is 1. The van der Waals surface area contributed by atoms with Gasteiger partial charge in [0.2, 0.25) is 0 Å². The SMILES string of the molecule is Nc1c(CN2C(=O)c3ccc(Br)cc3C2=O)cccc1C(=O)O. The number of nitrogen functional groups attached to an aromatic ring is 1. The summed E-state index contributed by atoms with van der Waals surface area (Å²) in [6.45, 7) is -0.0725. The molecule has 1 aliphatic heterocycles. The van der Waals surface area contributed by atoms with Crippen LogP contribution in [-0.4, -0.2) is 27.8 Å². The molecule has 0 spiro atoms. The van der Waals surface area contributed by atoms with Crippen molar-refractivity contribution in [2.75, 3.05) is 5.73 Å². The van der Waals surface area contributed by atoms with Crippen molar-refractivity contribution in [2.24, 2.45) is 0 Å². The molecule has 0 unspecified atom stereocenters. The zero-order valence-corrected chi connectivity index (χ0v) is 13.3. The lowest BCUT2D eigenvalue weighted by Gasteiger charge is -2.16. The Morgan fingerprint density at radius 1 is 1.13 bits per heavy atom. The van der Waals surface area contributed by atoms with Crippen molar-refractivity contribution in [2.45, 2.75) is 6.54 Å². The molecule has 1 aliphatic rings. The Hall–Kier alpha value is -2.67. The molecule has 0 atom stereocenters. The number of rotatable bonds is 3. The number of carbonyl (C=O) groups excluding carboxylic acids is 2. The molecule has 2 amide bonds. The van der Waals surface area contributed by atoms with Crippen LogP contribution in [0.25, 0.3) is 0 Å². The van der Waals surface area contributed by atoms with Crippen LogP contribution in [0.5, 0.6) is 0 Å². The second-order valence-corrected chi connectivity index (χ2v) is 5.99. The number of fused-ring (bicyclic) bond motifs is 1. The fourth-order valence-corrected chi connectivity index (χ4v) is 2.88. The molecule has 7 heteroatoms. The second-order valence-electron chi connectivity index (χ2n) is 5.07. The summed E-state index contributed by atoms with van der Waals surface area (Å²) in [6, 6.07) is 9.36. The minimum atomic E-state index is -1.16. The molecule has 0 bridgehead atoms. The fourth-order valence-electron chi connectivity index (χ4n) is 2.51. The molecule has 3 N–H and O–H groups in total. The largest absolute Gasteiger partial charge is 0.478 e. The Balaban J connectivity index is 1.97. The van der Waals surface area contributed by atoms with Gasteiger partial charge in [-0.15, -0.1) is 0 Å². The highest BCUT2D eigenvalue weighted by molar-refractivity contribution is 9.10. The van der Waals surface area contributed by atoms with Crippen LogP contribution in [-0.2, 0) is 6.54 Å². The van der Waals surface area contributed by atoms with Crippen LogP contribution < -0.4 is 5.73 Å². The van der Waals surface area contributed by atoms with Crippen molar-refractivity contribution in [1.82, 2.24) is 4.90 Å². The quantitative estimate of drug-likeness (QED) is 0.634. The Morgan fingerprint density at radius 3 is 2.52 bits per heavy atom. The number of anilines is 1. The van der Waals surface area contributed by atoms with Gasteiger partial charge in [0.05, 0.1) is 28.9 Å². The molecule has 6 nitrogen and oxygen atoms in total. The molecule has 0 radical (unpaired) electrons. The molecule has 1 heterocycles. The van der Waals surface area contributed by atoms with E-state index >= 15 is 0 Å². The van der Waals surface area contributed by atoms with E-state index in [1.54, 1.807) is 24.3 Å². The van der Waals surface area contributed by atoms with Gasteiger partial charge in [-0.05, 0) is 29.8 Å². The normalized spacial score (nSPS) is 13.3.